The Labute approximate surface area is 112 Å². The van der Waals surface area contributed by atoms with E-state index in [-0.39, 0.29) is 6.10 Å². The van der Waals surface area contributed by atoms with Crippen LogP contribution in [0, 0.1) is 5.92 Å². The highest BCUT2D eigenvalue weighted by Crippen LogP contribution is 2.28. The minimum absolute atomic E-state index is 0.130. The number of aliphatic hydroxyl groups excluding tert-OH is 1. The fourth-order valence-electron chi connectivity index (χ4n) is 3.40. The molecule has 2 aliphatic rings. The molecule has 18 heavy (non-hydrogen) atoms. The van der Waals surface area contributed by atoms with E-state index in [0.29, 0.717) is 0 Å². The topological polar surface area (TPSA) is 35.5 Å². The van der Waals surface area contributed by atoms with Crippen LogP contribution in [-0.4, -0.2) is 48.8 Å². The third kappa shape index (κ3) is 5.25. The Morgan fingerprint density at radius 1 is 1.06 bits per heavy atom. The highest BCUT2D eigenvalue weighted by atomic mass is 16.3. The van der Waals surface area contributed by atoms with Gasteiger partial charge in [0.15, 0.2) is 0 Å². The molecule has 2 rings (SSSR count). The maximum Gasteiger partial charge on any atom is 0.0667 e. The van der Waals surface area contributed by atoms with Crippen molar-refractivity contribution in [1.82, 2.24) is 10.2 Å². The molecule has 1 saturated carbocycles. The van der Waals surface area contributed by atoms with Crippen molar-refractivity contribution in [2.75, 3.05) is 32.7 Å². The Morgan fingerprint density at radius 2 is 1.78 bits per heavy atom. The van der Waals surface area contributed by atoms with Gasteiger partial charge in [0.05, 0.1) is 6.10 Å². The molecule has 1 unspecified atom stereocenters. The van der Waals surface area contributed by atoms with Gasteiger partial charge in [0.1, 0.15) is 0 Å². The van der Waals surface area contributed by atoms with E-state index >= 15 is 0 Å². The second-order valence-corrected chi connectivity index (χ2v) is 6.15. The van der Waals surface area contributed by atoms with Crippen LogP contribution in [0.15, 0.2) is 0 Å². The van der Waals surface area contributed by atoms with Crippen LogP contribution in [0.3, 0.4) is 0 Å². The average Bonchev–Trinajstić information content (AvgIpc) is 2.89. The summed E-state index contributed by atoms with van der Waals surface area (Å²) in [6.45, 7) is 5.50. The van der Waals surface area contributed by atoms with E-state index in [1.165, 1.54) is 58.0 Å². The molecular formula is C15H30N2O. The van der Waals surface area contributed by atoms with Crippen LogP contribution >= 0.6 is 0 Å². The first-order chi connectivity index (χ1) is 8.84. The fourth-order valence-corrected chi connectivity index (χ4v) is 3.40. The Bertz CT molecular complexity index is 211. The lowest BCUT2D eigenvalue weighted by molar-refractivity contribution is 0.138. The smallest absolute Gasteiger partial charge is 0.0667 e. The van der Waals surface area contributed by atoms with Crippen molar-refractivity contribution in [2.24, 2.45) is 5.92 Å². The molecule has 106 valence electrons. The third-order valence-corrected chi connectivity index (χ3v) is 4.51. The minimum atomic E-state index is -0.130. The van der Waals surface area contributed by atoms with Crippen molar-refractivity contribution in [2.45, 2.75) is 57.5 Å². The van der Waals surface area contributed by atoms with E-state index in [2.05, 4.69) is 10.2 Å². The van der Waals surface area contributed by atoms with Gasteiger partial charge in [0.2, 0.25) is 0 Å². The van der Waals surface area contributed by atoms with Gasteiger partial charge in [-0.2, -0.15) is 0 Å². The quantitative estimate of drug-likeness (QED) is 0.682. The number of nitrogens with one attached hydrogen (secondary N) is 1. The number of hydrogen-bond donors (Lipinski definition) is 2. The molecule has 0 amide bonds. The molecule has 1 saturated heterocycles. The molecule has 3 heteroatoms. The minimum Gasteiger partial charge on any atom is -0.392 e. The largest absolute Gasteiger partial charge is 0.392 e. The van der Waals surface area contributed by atoms with Gasteiger partial charge in [0, 0.05) is 19.6 Å². The van der Waals surface area contributed by atoms with Crippen molar-refractivity contribution in [1.29, 1.82) is 0 Å². The van der Waals surface area contributed by atoms with Gasteiger partial charge >= 0.3 is 0 Å². The monoisotopic (exact) mass is 254 g/mol. The van der Waals surface area contributed by atoms with Crippen LogP contribution in [0.25, 0.3) is 0 Å². The number of likely N-dealkylation sites (tertiary alicyclic amines) is 1. The van der Waals surface area contributed by atoms with E-state index in [1.54, 1.807) is 0 Å². The second kappa shape index (κ2) is 8.13. The summed E-state index contributed by atoms with van der Waals surface area (Å²) in [7, 11) is 0. The van der Waals surface area contributed by atoms with Crippen LogP contribution in [-0.2, 0) is 0 Å². The SMILES string of the molecule is OC(CNCCN1CCCCC1)CC1CCCC1. The van der Waals surface area contributed by atoms with Gasteiger partial charge in [-0.15, -0.1) is 0 Å². The zero-order chi connectivity index (χ0) is 12.6. The summed E-state index contributed by atoms with van der Waals surface area (Å²) in [5.41, 5.74) is 0. The first-order valence-corrected chi connectivity index (χ1v) is 7.96. The fraction of sp³-hybridized carbons (Fsp3) is 1.00. The Kier molecular flexibility index (Phi) is 6.46. The molecule has 3 nitrogen and oxygen atoms in total. The molecule has 0 spiro atoms. The molecule has 1 atom stereocenters. The van der Waals surface area contributed by atoms with E-state index in [9.17, 15) is 5.11 Å². The highest BCUT2D eigenvalue weighted by Gasteiger charge is 2.18. The number of nitrogens with zero attached hydrogens (tertiary/aromatic N) is 1. The molecule has 1 heterocycles. The first kappa shape index (κ1) is 14.3. The molecule has 2 fully saturated rings. The average molecular weight is 254 g/mol. The number of aliphatic hydroxyl groups is 1. The van der Waals surface area contributed by atoms with Gasteiger partial charge in [-0.1, -0.05) is 32.1 Å². The van der Waals surface area contributed by atoms with Crippen LogP contribution in [0.4, 0.5) is 0 Å². The third-order valence-electron chi connectivity index (χ3n) is 4.51. The van der Waals surface area contributed by atoms with Crippen molar-refractivity contribution >= 4 is 0 Å². The van der Waals surface area contributed by atoms with E-state index in [0.717, 1.165) is 32.0 Å². The van der Waals surface area contributed by atoms with Crippen LogP contribution in [0.2, 0.25) is 0 Å². The Morgan fingerprint density at radius 3 is 2.50 bits per heavy atom. The van der Waals surface area contributed by atoms with Gasteiger partial charge in [0.25, 0.3) is 0 Å². The second-order valence-electron chi connectivity index (χ2n) is 6.15. The molecule has 0 radical (unpaired) electrons. The number of piperidine rings is 1. The molecular weight excluding hydrogens is 224 g/mol. The predicted octanol–water partition coefficient (Wildman–Crippen LogP) is 2.00. The van der Waals surface area contributed by atoms with Crippen molar-refractivity contribution < 1.29 is 5.11 Å². The van der Waals surface area contributed by atoms with Gasteiger partial charge < -0.3 is 15.3 Å². The molecule has 1 aliphatic heterocycles. The number of rotatable bonds is 7. The molecule has 2 N–H and O–H groups in total. The lowest BCUT2D eigenvalue weighted by atomic mass is 10.0. The van der Waals surface area contributed by atoms with Crippen molar-refractivity contribution in [3.63, 3.8) is 0 Å². The Balaban J connectivity index is 1.46. The summed E-state index contributed by atoms with van der Waals surface area (Å²) in [6, 6.07) is 0. The lowest BCUT2D eigenvalue weighted by Gasteiger charge is -2.26. The van der Waals surface area contributed by atoms with Gasteiger partial charge in [-0.3, -0.25) is 0 Å². The van der Waals surface area contributed by atoms with E-state index in [1.807, 2.05) is 0 Å². The van der Waals surface area contributed by atoms with Crippen LogP contribution in [0.1, 0.15) is 51.4 Å². The van der Waals surface area contributed by atoms with E-state index < -0.39 is 0 Å². The zero-order valence-electron chi connectivity index (χ0n) is 11.7. The molecule has 0 aromatic carbocycles. The summed E-state index contributed by atoms with van der Waals surface area (Å²) >= 11 is 0. The summed E-state index contributed by atoms with van der Waals surface area (Å²) < 4.78 is 0. The molecule has 0 aromatic heterocycles. The molecule has 0 aromatic rings. The lowest BCUT2D eigenvalue weighted by Crippen LogP contribution is -2.38. The standard InChI is InChI=1S/C15H30N2O/c18-15(12-14-6-2-3-7-14)13-16-8-11-17-9-4-1-5-10-17/h14-16,18H,1-13H2. The number of hydrogen-bond acceptors (Lipinski definition) is 3. The first-order valence-electron chi connectivity index (χ1n) is 7.96. The summed E-state index contributed by atoms with van der Waals surface area (Å²) in [6.07, 6.45) is 10.4. The normalized spacial score (nSPS) is 24.5. The maximum atomic E-state index is 9.97. The predicted molar refractivity (Wildman–Crippen MR) is 75.7 cm³/mol. The summed E-state index contributed by atoms with van der Waals surface area (Å²) in [5.74, 6) is 0.795. The Hall–Kier alpha value is -0.120. The summed E-state index contributed by atoms with van der Waals surface area (Å²) in [4.78, 5) is 2.54. The molecule has 0 bridgehead atoms. The van der Waals surface area contributed by atoms with Gasteiger partial charge in [-0.05, 0) is 38.3 Å². The van der Waals surface area contributed by atoms with Crippen molar-refractivity contribution in [3.05, 3.63) is 0 Å². The van der Waals surface area contributed by atoms with Gasteiger partial charge in [-0.25, -0.2) is 0 Å². The van der Waals surface area contributed by atoms with Crippen LogP contribution in [0.5, 0.6) is 0 Å². The van der Waals surface area contributed by atoms with Crippen molar-refractivity contribution in [3.8, 4) is 0 Å². The molecule has 1 aliphatic carbocycles. The maximum absolute atomic E-state index is 9.97. The van der Waals surface area contributed by atoms with E-state index in [4.69, 9.17) is 0 Å². The highest BCUT2D eigenvalue weighted by molar-refractivity contribution is 4.73. The van der Waals surface area contributed by atoms with Crippen LogP contribution < -0.4 is 5.32 Å². The zero-order valence-corrected chi connectivity index (χ0v) is 11.7. The summed E-state index contributed by atoms with van der Waals surface area (Å²) in [5, 5.41) is 13.4.